The molecule has 1 atom stereocenters. The molecule has 1 aliphatic rings. The molecule has 1 saturated heterocycles. The Morgan fingerprint density at radius 1 is 1.25 bits per heavy atom. The number of nitrogens with two attached hydrogens (primary N) is 1. The molecular formula is C9H18N2O. The van der Waals surface area contributed by atoms with Gasteiger partial charge < -0.3 is 5.73 Å². The minimum Gasteiger partial charge on any atom is -0.368 e. The Bertz CT molecular complexity index is 151. The van der Waals surface area contributed by atoms with Crippen LogP contribution in [0.25, 0.3) is 0 Å². The second-order valence-electron chi connectivity index (χ2n) is 3.53. The van der Waals surface area contributed by atoms with Crippen LogP contribution in [0, 0.1) is 0 Å². The van der Waals surface area contributed by atoms with Crippen molar-refractivity contribution in [3.05, 3.63) is 0 Å². The summed E-state index contributed by atoms with van der Waals surface area (Å²) in [6.07, 6.45) is 5.00. The third-order valence-corrected chi connectivity index (χ3v) is 2.60. The van der Waals surface area contributed by atoms with Crippen molar-refractivity contribution in [3.63, 3.8) is 0 Å². The molecule has 1 fully saturated rings. The third kappa shape index (κ3) is 2.48. The fourth-order valence-corrected chi connectivity index (χ4v) is 1.66. The van der Waals surface area contributed by atoms with Gasteiger partial charge in [0.05, 0.1) is 6.04 Å². The Kier molecular flexibility index (Phi) is 3.53. The molecule has 70 valence electrons. The molecule has 1 rings (SSSR count). The summed E-state index contributed by atoms with van der Waals surface area (Å²) in [4.78, 5) is 13.1. The minimum absolute atomic E-state index is 0.0805. The number of hydrogen-bond donors (Lipinski definition) is 1. The molecule has 0 radical (unpaired) electrons. The van der Waals surface area contributed by atoms with E-state index >= 15 is 0 Å². The van der Waals surface area contributed by atoms with Crippen LogP contribution in [0.2, 0.25) is 0 Å². The van der Waals surface area contributed by atoms with E-state index < -0.39 is 0 Å². The molecule has 1 aliphatic heterocycles. The van der Waals surface area contributed by atoms with E-state index in [2.05, 4.69) is 4.90 Å². The highest BCUT2D eigenvalue weighted by atomic mass is 16.1. The molecule has 0 saturated carbocycles. The van der Waals surface area contributed by atoms with Crippen LogP contribution >= 0.6 is 0 Å². The molecule has 12 heavy (non-hydrogen) atoms. The molecule has 1 heterocycles. The highest BCUT2D eigenvalue weighted by Gasteiger charge is 2.19. The second-order valence-corrected chi connectivity index (χ2v) is 3.53. The Balaban J connectivity index is 2.42. The van der Waals surface area contributed by atoms with Crippen molar-refractivity contribution in [1.29, 1.82) is 0 Å². The van der Waals surface area contributed by atoms with Crippen LogP contribution in [0.4, 0.5) is 0 Å². The molecule has 1 amide bonds. The number of primary amides is 1. The molecule has 0 aliphatic carbocycles. The average molecular weight is 170 g/mol. The van der Waals surface area contributed by atoms with Crippen LogP contribution in [0.5, 0.6) is 0 Å². The van der Waals surface area contributed by atoms with Crippen LogP contribution in [0.1, 0.15) is 32.6 Å². The maximum Gasteiger partial charge on any atom is 0.234 e. The van der Waals surface area contributed by atoms with Crippen molar-refractivity contribution < 1.29 is 4.79 Å². The lowest BCUT2D eigenvalue weighted by atomic mass is 10.2. The van der Waals surface area contributed by atoms with Crippen LogP contribution in [0.15, 0.2) is 0 Å². The predicted octanol–water partition coefficient (Wildman–Crippen LogP) is 0.736. The van der Waals surface area contributed by atoms with Crippen LogP contribution in [0.3, 0.4) is 0 Å². The van der Waals surface area contributed by atoms with E-state index in [1.54, 1.807) is 0 Å². The van der Waals surface area contributed by atoms with Crippen LogP contribution in [-0.2, 0) is 4.79 Å². The van der Waals surface area contributed by atoms with E-state index in [1.807, 2.05) is 6.92 Å². The molecule has 3 heteroatoms. The first-order valence-electron chi connectivity index (χ1n) is 4.75. The van der Waals surface area contributed by atoms with Gasteiger partial charge in [-0.3, -0.25) is 9.69 Å². The summed E-state index contributed by atoms with van der Waals surface area (Å²) in [5.41, 5.74) is 5.24. The topological polar surface area (TPSA) is 46.3 Å². The zero-order valence-electron chi connectivity index (χ0n) is 7.75. The standard InChI is InChI=1S/C9H18N2O/c1-8(9(10)12)11-6-4-2-3-5-7-11/h8H,2-7H2,1H3,(H2,10,12). The van der Waals surface area contributed by atoms with Crippen molar-refractivity contribution in [2.45, 2.75) is 38.6 Å². The lowest BCUT2D eigenvalue weighted by molar-refractivity contribution is -0.122. The number of likely N-dealkylation sites (tertiary alicyclic amines) is 1. The van der Waals surface area contributed by atoms with Gasteiger partial charge in [0.1, 0.15) is 0 Å². The van der Waals surface area contributed by atoms with E-state index in [-0.39, 0.29) is 11.9 Å². The van der Waals surface area contributed by atoms with Gasteiger partial charge in [0.15, 0.2) is 0 Å². The Morgan fingerprint density at radius 3 is 2.17 bits per heavy atom. The summed E-state index contributed by atoms with van der Waals surface area (Å²) in [7, 11) is 0. The Hall–Kier alpha value is -0.570. The van der Waals surface area contributed by atoms with Gasteiger partial charge in [0.25, 0.3) is 0 Å². The number of nitrogens with zero attached hydrogens (tertiary/aromatic N) is 1. The van der Waals surface area contributed by atoms with Gasteiger partial charge in [-0.1, -0.05) is 12.8 Å². The molecule has 1 unspecified atom stereocenters. The quantitative estimate of drug-likeness (QED) is 0.664. The maximum atomic E-state index is 10.9. The Labute approximate surface area is 73.9 Å². The molecule has 3 nitrogen and oxygen atoms in total. The van der Waals surface area contributed by atoms with Gasteiger partial charge in [0.2, 0.25) is 5.91 Å². The number of carbonyl (C=O) groups excluding carboxylic acids is 1. The van der Waals surface area contributed by atoms with Gasteiger partial charge in [-0.2, -0.15) is 0 Å². The highest BCUT2D eigenvalue weighted by Crippen LogP contribution is 2.11. The second kappa shape index (κ2) is 4.45. The average Bonchev–Trinajstić information content (AvgIpc) is 2.30. The zero-order valence-corrected chi connectivity index (χ0v) is 7.75. The fraction of sp³-hybridized carbons (Fsp3) is 0.889. The van der Waals surface area contributed by atoms with Crippen molar-refractivity contribution in [1.82, 2.24) is 4.90 Å². The van der Waals surface area contributed by atoms with Crippen molar-refractivity contribution in [2.75, 3.05) is 13.1 Å². The third-order valence-electron chi connectivity index (χ3n) is 2.60. The molecule has 0 spiro atoms. The predicted molar refractivity (Wildman–Crippen MR) is 48.7 cm³/mol. The number of carbonyl (C=O) groups is 1. The molecule has 2 N–H and O–H groups in total. The fourth-order valence-electron chi connectivity index (χ4n) is 1.66. The van der Waals surface area contributed by atoms with Crippen LogP contribution < -0.4 is 5.73 Å². The van der Waals surface area contributed by atoms with Crippen molar-refractivity contribution in [3.8, 4) is 0 Å². The monoisotopic (exact) mass is 170 g/mol. The highest BCUT2D eigenvalue weighted by molar-refractivity contribution is 5.79. The lowest BCUT2D eigenvalue weighted by Crippen LogP contribution is -2.43. The summed E-state index contributed by atoms with van der Waals surface area (Å²) in [6.45, 7) is 3.96. The Morgan fingerprint density at radius 2 is 1.75 bits per heavy atom. The first-order valence-corrected chi connectivity index (χ1v) is 4.75. The van der Waals surface area contributed by atoms with Crippen molar-refractivity contribution in [2.24, 2.45) is 5.73 Å². The molecule has 0 aromatic carbocycles. The van der Waals surface area contributed by atoms with Gasteiger partial charge in [-0.05, 0) is 32.9 Å². The maximum absolute atomic E-state index is 10.9. The van der Waals surface area contributed by atoms with E-state index in [9.17, 15) is 4.79 Å². The normalized spacial score (nSPS) is 23.1. The molecule has 0 bridgehead atoms. The summed E-state index contributed by atoms with van der Waals surface area (Å²) in [5, 5.41) is 0. The number of rotatable bonds is 2. The first kappa shape index (κ1) is 9.52. The van der Waals surface area contributed by atoms with Gasteiger partial charge >= 0.3 is 0 Å². The lowest BCUT2D eigenvalue weighted by Gasteiger charge is -2.24. The summed E-state index contributed by atoms with van der Waals surface area (Å²) in [5.74, 6) is -0.197. The van der Waals surface area contributed by atoms with Gasteiger partial charge in [0, 0.05) is 0 Å². The van der Waals surface area contributed by atoms with E-state index in [0.29, 0.717) is 0 Å². The molecule has 0 aromatic rings. The summed E-state index contributed by atoms with van der Waals surface area (Å²) < 4.78 is 0. The van der Waals surface area contributed by atoms with Gasteiger partial charge in [-0.25, -0.2) is 0 Å². The summed E-state index contributed by atoms with van der Waals surface area (Å²) in [6, 6.07) is -0.0805. The number of hydrogen-bond acceptors (Lipinski definition) is 2. The summed E-state index contributed by atoms with van der Waals surface area (Å²) >= 11 is 0. The van der Waals surface area contributed by atoms with E-state index in [1.165, 1.54) is 25.7 Å². The molecular weight excluding hydrogens is 152 g/mol. The van der Waals surface area contributed by atoms with Crippen LogP contribution in [-0.4, -0.2) is 29.9 Å². The minimum atomic E-state index is -0.197. The van der Waals surface area contributed by atoms with E-state index in [0.717, 1.165) is 13.1 Å². The SMILES string of the molecule is CC(C(N)=O)N1CCCCCC1. The smallest absolute Gasteiger partial charge is 0.234 e. The van der Waals surface area contributed by atoms with E-state index in [4.69, 9.17) is 5.73 Å². The number of amides is 1. The first-order chi connectivity index (χ1) is 5.72. The molecule has 0 aromatic heterocycles. The van der Waals surface area contributed by atoms with Crippen molar-refractivity contribution >= 4 is 5.91 Å². The largest absolute Gasteiger partial charge is 0.368 e. The van der Waals surface area contributed by atoms with Gasteiger partial charge in [-0.15, -0.1) is 0 Å². The zero-order chi connectivity index (χ0) is 8.97.